The van der Waals surface area contributed by atoms with Gasteiger partial charge in [0.05, 0.1) is 12.3 Å². The number of nitrogens with zero attached hydrogens (tertiary/aromatic N) is 4. The molecule has 0 radical (unpaired) electrons. The largest absolute Gasteiger partial charge is 0.383 e. The minimum Gasteiger partial charge on any atom is -0.383 e. The molecule has 2 unspecified atom stereocenters. The van der Waals surface area contributed by atoms with E-state index in [1.54, 1.807) is 37.0 Å². The quantitative estimate of drug-likeness (QED) is 0.807. The van der Waals surface area contributed by atoms with E-state index in [-0.39, 0.29) is 23.8 Å². The Hall–Kier alpha value is -2.25. The number of aryl methyl sites for hydroxylation is 1. The highest BCUT2D eigenvalue weighted by molar-refractivity contribution is 5.93. The van der Waals surface area contributed by atoms with Crippen LogP contribution in [0.2, 0.25) is 0 Å². The molecular formula is C20H27FN4O2. The van der Waals surface area contributed by atoms with Gasteiger partial charge in [-0.05, 0) is 49.7 Å². The molecule has 1 amide bonds. The van der Waals surface area contributed by atoms with Gasteiger partial charge in [0.2, 0.25) is 0 Å². The van der Waals surface area contributed by atoms with Crippen molar-refractivity contribution in [3.63, 3.8) is 0 Å². The van der Waals surface area contributed by atoms with Crippen LogP contribution in [0.25, 0.3) is 11.3 Å². The first-order valence-corrected chi connectivity index (χ1v) is 9.24. The summed E-state index contributed by atoms with van der Waals surface area (Å²) in [7, 11) is 3.50. The van der Waals surface area contributed by atoms with E-state index < -0.39 is 0 Å². The zero-order valence-electron chi connectivity index (χ0n) is 16.4. The minimum atomic E-state index is -0.286. The third kappa shape index (κ3) is 4.20. The van der Waals surface area contributed by atoms with Gasteiger partial charge >= 0.3 is 0 Å². The van der Waals surface area contributed by atoms with Crippen molar-refractivity contribution in [2.24, 2.45) is 7.05 Å². The van der Waals surface area contributed by atoms with Crippen LogP contribution in [0.5, 0.6) is 0 Å². The second kappa shape index (κ2) is 8.19. The number of hydrogen-bond donors (Lipinski definition) is 0. The number of carbonyl (C=O) groups excluding carboxylic acids is 1. The highest BCUT2D eigenvalue weighted by Gasteiger charge is 2.32. The normalized spacial score (nSPS) is 20.9. The van der Waals surface area contributed by atoms with E-state index >= 15 is 0 Å². The van der Waals surface area contributed by atoms with Gasteiger partial charge in [0.15, 0.2) is 5.69 Å². The smallest absolute Gasteiger partial charge is 0.274 e. The van der Waals surface area contributed by atoms with E-state index in [1.807, 2.05) is 4.90 Å². The van der Waals surface area contributed by atoms with Gasteiger partial charge in [0, 0.05) is 45.9 Å². The average molecular weight is 374 g/mol. The zero-order valence-corrected chi connectivity index (χ0v) is 16.4. The van der Waals surface area contributed by atoms with Crippen LogP contribution in [0, 0.1) is 5.82 Å². The lowest BCUT2D eigenvalue weighted by Gasteiger charge is -2.44. The molecule has 1 aliphatic heterocycles. The number of ether oxygens (including phenoxy) is 1. The van der Waals surface area contributed by atoms with Crippen LogP contribution in [-0.4, -0.2) is 70.9 Å². The minimum absolute atomic E-state index is 0.0657. The Morgan fingerprint density at radius 1 is 1.22 bits per heavy atom. The van der Waals surface area contributed by atoms with Crippen molar-refractivity contribution in [2.75, 3.05) is 33.4 Å². The Morgan fingerprint density at radius 2 is 1.85 bits per heavy atom. The van der Waals surface area contributed by atoms with E-state index in [0.29, 0.717) is 25.4 Å². The molecule has 2 heterocycles. The predicted molar refractivity (Wildman–Crippen MR) is 102 cm³/mol. The van der Waals surface area contributed by atoms with Crippen LogP contribution in [0.15, 0.2) is 30.3 Å². The molecule has 7 heteroatoms. The molecule has 1 aromatic carbocycles. The van der Waals surface area contributed by atoms with E-state index in [2.05, 4.69) is 23.8 Å². The second-order valence-corrected chi connectivity index (χ2v) is 7.18. The summed E-state index contributed by atoms with van der Waals surface area (Å²) in [5.74, 6) is -0.351. The fraction of sp³-hybridized carbons (Fsp3) is 0.500. The van der Waals surface area contributed by atoms with Gasteiger partial charge in [-0.3, -0.25) is 14.4 Å². The Bertz CT molecular complexity index is 778. The maximum atomic E-state index is 13.2. The third-order valence-corrected chi connectivity index (χ3v) is 5.18. The summed E-state index contributed by atoms with van der Waals surface area (Å²) >= 11 is 0. The lowest BCUT2D eigenvalue weighted by atomic mass is 10.1. The fourth-order valence-corrected chi connectivity index (χ4v) is 3.78. The molecule has 1 aliphatic rings. The number of benzene rings is 1. The Balaban J connectivity index is 1.75. The zero-order chi connectivity index (χ0) is 19.6. The summed E-state index contributed by atoms with van der Waals surface area (Å²) in [5.41, 5.74) is 2.04. The van der Waals surface area contributed by atoms with Gasteiger partial charge in [0.25, 0.3) is 5.91 Å². The van der Waals surface area contributed by atoms with Crippen molar-refractivity contribution < 1.29 is 13.9 Å². The molecule has 1 saturated heterocycles. The van der Waals surface area contributed by atoms with Crippen molar-refractivity contribution in [2.45, 2.75) is 25.9 Å². The topological polar surface area (TPSA) is 50.6 Å². The van der Waals surface area contributed by atoms with E-state index in [4.69, 9.17) is 4.74 Å². The maximum absolute atomic E-state index is 13.2. The summed E-state index contributed by atoms with van der Waals surface area (Å²) < 4.78 is 20.0. The first-order chi connectivity index (χ1) is 12.9. The number of piperazine rings is 1. The second-order valence-electron chi connectivity index (χ2n) is 7.18. The van der Waals surface area contributed by atoms with Gasteiger partial charge in [-0.2, -0.15) is 5.10 Å². The first kappa shape index (κ1) is 19.5. The number of carbonyl (C=O) groups is 1. The van der Waals surface area contributed by atoms with Crippen molar-refractivity contribution >= 4 is 5.91 Å². The number of aromatic nitrogens is 2. The summed E-state index contributed by atoms with van der Waals surface area (Å²) in [6, 6.07) is 8.50. The molecule has 0 N–H and O–H groups in total. The standard InChI is InChI=1S/C20H27FN4O2/c1-14-12-24(13-15(2)25(14)9-10-27-4)20(26)18-11-19(23(3)22-18)16-5-7-17(21)8-6-16/h5-8,11,14-15H,9-10,12-13H2,1-4H3. The summed E-state index contributed by atoms with van der Waals surface area (Å²) in [6.07, 6.45) is 0. The average Bonchev–Trinajstić information content (AvgIpc) is 3.02. The number of rotatable bonds is 5. The highest BCUT2D eigenvalue weighted by Crippen LogP contribution is 2.22. The predicted octanol–water partition coefficient (Wildman–Crippen LogP) is 2.41. The van der Waals surface area contributed by atoms with Gasteiger partial charge in [-0.15, -0.1) is 0 Å². The van der Waals surface area contributed by atoms with Crippen LogP contribution < -0.4 is 0 Å². The Labute approximate surface area is 159 Å². The van der Waals surface area contributed by atoms with Crippen LogP contribution in [-0.2, 0) is 11.8 Å². The van der Waals surface area contributed by atoms with Crippen LogP contribution in [0.3, 0.4) is 0 Å². The summed E-state index contributed by atoms with van der Waals surface area (Å²) in [6.45, 7) is 7.13. The number of amides is 1. The van der Waals surface area contributed by atoms with Gasteiger partial charge in [-0.1, -0.05) is 0 Å². The molecule has 146 valence electrons. The SMILES string of the molecule is COCCN1C(C)CN(C(=O)c2cc(-c3ccc(F)cc3)n(C)n2)CC1C. The van der Waals surface area contributed by atoms with Crippen LogP contribution >= 0.6 is 0 Å². The van der Waals surface area contributed by atoms with Gasteiger partial charge in [0.1, 0.15) is 5.82 Å². The molecular weight excluding hydrogens is 347 g/mol. The molecule has 3 rings (SSSR count). The molecule has 0 spiro atoms. The van der Waals surface area contributed by atoms with Crippen LogP contribution in [0.1, 0.15) is 24.3 Å². The third-order valence-electron chi connectivity index (χ3n) is 5.18. The Morgan fingerprint density at radius 3 is 2.44 bits per heavy atom. The molecule has 0 bridgehead atoms. The molecule has 1 aromatic heterocycles. The van der Waals surface area contributed by atoms with E-state index in [0.717, 1.165) is 17.8 Å². The molecule has 0 saturated carbocycles. The molecule has 1 fully saturated rings. The number of methoxy groups -OCH3 is 1. The fourth-order valence-electron chi connectivity index (χ4n) is 3.78. The maximum Gasteiger partial charge on any atom is 0.274 e. The molecule has 6 nitrogen and oxygen atoms in total. The van der Waals surface area contributed by atoms with Gasteiger partial charge in [-0.25, -0.2) is 4.39 Å². The molecule has 2 aromatic rings. The van der Waals surface area contributed by atoms with E-state index in [1.165, 1.54) is 12.1 Å². The molecule has 27 heavy (non-hydrogen) atoms. The summed E-state index contributed by atoms with van der Waals surface area (Å²) in [5, 5.41) is 4.40. The van der Waals surface area contributed by atoms with Crippen molar-refractivity contribution in [3.05, 3.63) is 41.8 Å². The number of halogens is 1. The summed E-state index contributed by atoms with van der Waals surface area (Å²) in [4.78, 5) is 17.3. The van der Waals surface area contributed by atoms with Crippen molar-refractivity contribution in [1.29, 1.82) is 0 Å². The van der Waals surface area contributed by atoms with E-state index in [9.17, 15) is 9.18 Å². The monoisotopic (exact) mass is 374 g/mol. The highest BCUT2D eigenvalue weighted by atomic mass is 19.1. The first-order valence-electron chi connectivity index (χ1n) is 9.24. The Kier molecular flexibility index (Phi) is 5.92. The molecule has 0 aliphatic carbocycles. The lowest BCUT2D eigenvalue weighted by Crippen LogP contribution is -2.58. The van der Waals surface area contributed by atoms with Gasteiger partial charge < -0.3 is 9.64 Å². The number of hydrogen-bond acceptors (Lipinski definition) is 4. The lowest BCUT2D eigenvalue weighted by molar-refractivity contribution is 0.0190. The van der Waals surface area contributed by atoms with Crippen LogP contribution in [0.4, 0.5) is 4.39 Å². The van der Waals surface area contributed by atoms with Crippen molar-refractivity contribution in [1.82, 2.24) is 19.6 Å². The molecule has 2 atom stereocenters. The van der Waals surface area contributed by atoms with Crippen molar-refractivity contribution in [3.8, 4) is 11.3 Å².